The van der Waals surface area contributed by atoms with Gasteiger partial charge in [-0.15, -0.1) is 0 Å². The van der Waals surface area contributed by atoms with Gasteiger partial charge < -0.3 is 5.32 Å². The highest BCUT2D eigenvalue weighted by atomic mass is 16.2. The van der Waals surface area contributed by atoms with Crippen LogP contribution in [0.3, 0.4) is 0 Å². The molecular weight excluding hydrogens is 328 g/mol. The Labute approximate surface area is 152 Å². The molecule has 3 fully saturated rings. The Morgan fingerprint density at radius 3 is 2.31 bits per heavy atom. The highest BCUT2D eigenvalue weighted by molar-refractivity contribution is 6.06. The molecule has 0 radical (unpaired) electrons. The van der Waals surface area contributed by atoms with Crippen molar-refractivity contribution >= 4 is 23.4 Å². The number of benzene rings is 1. The number of carbonyl (C=O) groups is 3. The molecule has 3 amide bonds. The number of rotatable bonds is 4. The van der Waals surface area contributed by atoms with E-state index in [-0.39, 0.29) is 54.4 Å². The Morgan fingerprint density at radius 2 is 1.69 bits per heavy atom. The van der Waals surface area contributed by atoms with Gasteiger partial charge in [-0.05, 0) is 48.6 Å². The van der Waals surface area contributed by atoms with Crippen LogP contribution in [-0.2, 0) is 14.4 Å². The number of nitrogens with zero attached hydrogens (tertiary/aromatic N) is 1. The van der Waals surface area contributed by atoms with E-state index in [1.54, 1.807) is 0 Å². The van der Waals surface area contributed by atoms with Gasteiger partial charge in [0, 0.05) is 18.7 Å². The lowest BCUT2D eigenvalue weighted by atomic mass is 9.63. The topological polar surface area (TPSA) is 66.5 Å². The van der Waals surface area contributed by atoms with Gasteiger partial charge in [-0.25, -0.2) is 0 Å². The van der Waals surface area contributed by atoms with Crippen LogP contribution in [0.2, 0.25) is 0 Å². The maximum Gasteiger partial charge on any atom is 0.233 e. The third kappa shape index (κ3) is 2.19. The second-order valence-electron chi connectivity index (χ2n) is 8.10. The number of likely N-dealkylation sites (tertiary alicyclic amines) is 1. The van der Waals surface area contributed by atoms with E-state index in [0.717, 1.165) is 17.7 Å². The molecule has 6 atom stereocenters. The van der Waals surface area contributed by atoms with Gasteiger partial charge in [0.05, 0.1) is 11.8 Å². The molecule has 134 valence electrons. The summed E-state index contributed by atoms with van der Waals surface area (Å²) < 4.78 is 0. The normalized spacial score (nSPS) is 36.1. The second-order valence-corrected chi connectivity index (χ2v) is 8.10. The number of allylic oxidation sites excluding steroid dienone is 2. The van der Waals surface area contributed by atoms with Crippen molar-refractivity contribution in [2.24, 2.45) is 35.5 Å². The Hall–Kier alpha value is -2.43. The van der Waals surface area contributed by atoms with Gasteiger partial charge in [0.1, 0.15) is 0 Å². The second kappa shape index (κ2) is 5.53. The van der Waals surface area contributed by atoms with E-state index in [4.69, 9.17) is 0 Å². The zero-order valence-electron chi connectivity index (χ0n) is 14.7. The Bertz CT molecular complexity index is 809. The van der Waals surface area contributed by atoms with E-state index in [1.165, 1.54) is 4.90 Å². The summed E-state index contributed by atoms with van der Waals surface area (Å²) in [5.74, 6) is 1.02. The number of aryl methyl sites for hydroxylation is 1. The number of imide groups is 1. The lowest BCUT2D eigenvalue weighted by molar-refractivity contribution is -0.140. The van der Waals surface area contributed by atoms with Crippen LogP contribution in [0.25, 0.3) is 0 Å². The monoisotopic (exact) mass is 350 g/mol. The number of carbonyl (C=O) groups excluding carboxylic acids is 3. The van der Waals surface area contributed by atoms with E-state index in [1.807, 2.05) is 31.2 Å². The summed E-state index contributed by atoms with van der Waals surface area (Å²) in [5, 5.41) is 2.87. The van der Waals surface area contributed by atoms with Gasteiger partial charge in [0.25, 0.3) is 0 Å². The van der Waals surface area contributed by atoms with Crippen LogP contribution in [0.1, 0.15) is 18.4 Å². The molecule has 1 aromatic carbocycles. The number of hydrogen-bond acceptors (Lipinski definition) is 3. The summed E-state index contributed by atoms with van der Waals surface area (Å²) in [6.07, 6.45) is 5.63. The fourth-order valence-corrected chi connectivity index (χ4v) is 5.38. The van der Waals surface area contributed by atoms with E-state index in [9.17, 15) is 14.4 Å². The molecule has 2 saturated carbocycles. The van der Waals surface area contributed by atoms with Crippen molar-refractivity contribution in [1.29, 1.82) is 0 Å². The fraction of sp³-hybridized carbons (Fsp3) is 0.476. The first-order valence-electron chi connectivity index (χ1n) is 9.45. The van der Waals surface area contributed by atoms with Crippen LogP contribution < -0.4 is 5.32 Å². The standard InChI is InChI=1S/C21H22N2O3/c1-11-4-2-3-5-16(11)22-17(24)8-9-23-20(25)18-12-6-7-13(15-10-14(12)15)19(18)21(23)26/h2-7,12-15,18-19H,8-10H2,1H3,(H,22,24)/t12-,13-,14-,15+,18-,19+/m0/s1. The molecule has 5 nitrogen and oxygen atoms in total. The van der Waals surface area contributed by atoms with Crippen molar-refractivity contribution in [3.8, 4) is 0 Å². The van der Waals surface area contributed by atoms with Gasteiger partial charge in [-0.3, -0.25) is 19.3 Å². The molecule has 1 saturated heterocycles. The molecule has 0 spiro atoms. The van der Waals surface area contributed by atoms with Crippen LogP contribution in [0.5, 0.6) is 0 Å². The number of amides is 3. The third-order valence-corrected chi connectivity index (χ3v) is 6.74. The minimum absolute atomic E-state index is 0.0617. The first kappa shape index (κ1) is 15.8. The molecule has 1 N–H and O–H groups in total. The predicted molar refractivity (Wildman–Crippen MR) is 95.8 cm³/mol. The highest BCUT2D eigenvalue weighted by Crippen LogP contribution is 2.65. The maximum absolute atomic E-state index is 12.9. The molecule has 1 aromatic rings. The number of para-hydroxylation sites is 1. The van der Waals surface area contributed by atoms with Gasteiger partial charge in [0.2, 0.25) is 17.7 Å². The minimum atomic E-state index is -0.180. The van der Waals surface area contributed by atoms with Crippen molar-refractivity contribution < 1.29 is 14.4 Å². The smallest absolute Gasteiger partial charge is 0.233 e. The zero-order valence-corrected chi connectivity index (χ0v) is 14.7. The molecule has 0 unspecified atom stereocenters. The van der Waals surface area contributed by atoms with Gasteiger partial charge >= 0.3 is 0 Å². The van der Waals surface area contributed by atoms with Crippen molar-refractivity contribution in [3.63, 3.8) is 0 Å². The summed E-state index contributed by atoms with van der Waals surface area (Å²) in [5.41, 5.74) is 1.76. The van der Waals surface area contributed by atoms with E-state index < -0.39 is 0 Å². The van der Waals surface area contributed by atoms with Crippen LogP contribution in [0.4, 0.5) is 5.69 Å². The molecule has 5 heteroatoms. The van der Waals surface area contributed by atoms with E-state index in [0.29, 0.717) is 11.8 Å². The molecule has 4 aliphatic carbocycles. The van der Waals surface area contributed by atoms with Crippen LogP contribution in [-0.4, -0.2) is 29.2 Å². The van der Waals surface area contributed by atoms with Gasteiger partial charge in [0.15, 0.2) is 0 Å². The van der Waals surface area contributed by atoms with Crippen molar-refractivity contribution in [2.75, 3.05) is 11.9 Å². The number of nitrogens with one attached hydrogen (secondary N) is 1. The maximum atomic E-state index is 12.9. The fourth-order valence-electron chi connectivity index (χ4n) is 5.38. The van der Waals surface area contributed by atoms with Crippen molar-refractivity contribution in [1.82, 2.24) is 4.90 Å². The van der Waals surface area contributed by atoms with Crippen LogP contribution in [0, 0.1) is 42.4 Å². The summed E-state index contributed by atoms with van der Waals surface area (Å²) in [4.78, 5) is 39.4. The molecular formula is C21H22N2O3. The summed E-state index contributed by atoms with van der Waals surface area (Å²) >= 11 is 0. The Balaban J connectivity index is 1.26. The highest BCUT2D eigenvalue weighted by Gasteiger charge is 2.66. The number of anilines is 1. The largest absolute Gasteiger partial charge is 0.326 e. The molecule has 1 aliphatic heterocycles. The quantitative estimate of drug-likeness (QED) is 0.670. The molecule has 1 heterocycles. The van der Waals surface area contributed by atoms with Crippen LogP contribution >= 0.6 is 0 Å². The van der Waals surface area contributed by atoms with Crippen LogP contribution in [0.15, 0.2) is 36.4 Å². The first-order chi connectivity index (χ1) is 12.6. The molecule has 5 aliphatic rings. The third-order valence-electron chi connectivity index (χ3n) is 6.74. The van der Waals surface area contributed by atoms with Crippen molar-refractivity contribution in [3.05, 3.63) is 42.0 Å². The van der Waals surface area contributed by atoms with Crippen molar-refractivity contribution in [2.45, 2.75) is 19.8 Å². The lowest BCUT2D eigenvalue weighted by Crippen LogP contribution is -2.40. The average molecular weight is 350 g/mol. The molecule has 6 rings (SSSR count). The number of hydrogen-bond donors (Lipinski definition) is 1. The summed E-state index contributed by atoms with van der Waals surface area (Å²) in [7, 11) is 0. The predicted octanol–water partition coefficient (Wildman–Crippen LogP) is 2.38. The average Bonchev–Trinajstić information content (AvgIpc) is 3.41. The minimum Gasteiger partial charge on any atom is -0.326 e. The van der Waals surface area contributed by atoms with Gasteiger partial charge in [-0.2, -0.15) is 0 Å². The lowest BCUT2D eigenvalue weighted by Gasteiger charge is -2.37. The zero-order chi connectivity index (χ0) is 18.0. The molecule has 2 bridgehead atoms. The first-order valence-corrected chi connectivity index (χ1v) is 9.45. The van der Waals surface area contributed by atoms with E-state index >= 15 is 0 Å². The molecule has 26 heavy (non-hydrogen) atoms. The summed E-state index contributed by atoms with van der Waals surface area (Å²) in [6, 6.07) is 7.57. The van der Waals surface area contributed by atoms with Gasteiger partial charge in [-0.1, -0.05) is 30.4 Å². The SMILES string of the molecule is Cc1ccccc1NC(=O)CCN1C(=O)[C@@H]2[C@H]3C=C[C@@H]([C@@H]4C[C@H]34)[C@@H]2C1=O. The summed E-state index contributed by atoms with van der Waals surface area (Å²) in [6.45, 7) is 2.11. The Kier molecular flexibility index (Phi) is 3.36. The van der Waals surface area contributed by atoms with E-state index in [2.05, 4.69) is 17.5 Å². The molecule has 0 aromatic heterocycles. The Morgan fingerprint density at radius 1 is 1.08 bits per heavy atom.